The highest BCUT2D eigenvalue weighted by atomic mass is 35.5. The van der Waals surface area contributed by atoms with E-state index in [2.05, 4.69) is 18.3 Å². The number of carbonyl (C=O) groups excluding carboxylic acids is 1. The zero-order chi connectivity index (χ0) is 18.0. The molecule has 0 spiro atoms. The molecule has 0 aliphatic heterocycles. The SMILES string of the molecule is CC1CCc2c(sc(NC(=O)C(C)Oc3cccc(Cl)c3)c2C#N)C1. The summed E-state index contributed by atoms with van der Waals surface area (Å²) in [4.78, 5) is 13.7. The maximum Gasteiger partial charge on any atom is 0.265 e. The van der Waals surface area contributed by atoms with E-state index in [0.29, 0.717) is 27.3 Å². The Morgan fingerprint density at radius 1 is 1.52 bits per heavy atom. The molecular weight excluding hydrogens is 356 g/mol. The van der Waals surface area contributed by atoms with Gasteiger partial charge in [-0.2, -0.15) is 5.26 Å². The average molecular weight is 375 g/mol. The smallest absolute Gasteiger partial charge is 0.265 e. The number of benzene rings is 1. The topological polar surface area (TPSA) is 62.1 Å². The fourth-order valence-corrected chi connectivity index (χ4v) is 4.51. The second kappa shape index (κ2) is 7.47. The molecule has 1 aliphatic carbocycles. The van der Waals surface area contributed by atoms with E-state index in [1.54, 1.807) is 31.2 Å². The molecule has 3 rings (SSSR count). The largest absolute Gasteiger partial charge is 0.481 e. The van der Waals surface area contributed by atoms with E-state index in [4.69, 9.17) is 16.3 Å². The molecule has 25 heavy (non-hydrogen) atoms. The van der Waals surface area contributed by atoms with Crippen molar-refractivity contribution in [3.8, 4) is 11.8 Å². The van der Waals surface area contributed by atoms with Crippen LogP contribution in [0.4, 0.5) is 5.00 Å². The van der Waals surface area contributed by atoms with Gasteiger partial charge in [0.2, 0.25) is 0 Å². The summed E-state index contributed by atoms with van der Waals surface area (Å²) in [6.45, 7) is 3.89. The lowest BCUT2D eigenvalue weighted by Gasteiger charge is -2.17. The zero-order valence-corrected chi connectivity index (χ0v) is 15.7. The van der Waals surface area contributed by atoms with Crippen LogP contribution in [0.2, 0.25) is 5.02 Å². The van der Waals surface area contributed by atoms with Gasteiger partial charge in [0.05, 0.1) is 5.56 Å². The van der Waals surface area contributed by atoms with Crippen LogP contribution in [0.25, 0.3) is 0 Å². The maximum atomic E-state index is 12.5. The molecule has 2 aromatic rings. The molecule has 1 aliphatic rings. The van der Waals surface area contributed by atoms with Crippen LogP contribution in [0.1, 0.15) is 36.3 Å². The molecule has 0 radical (unpaired) electrons. The highest BCUT2D eigenvalue weighted by Crippen LogP contribution is 2.39. The molecule has 1 heterocycles. The Bertz CT molecular complexity index is 840. The van der Waals surface area contributed by atoms with E-state index in [-0.39, 0.29) is 5.91 Å². The molecule has 0 fully saturated rings. The van der Waals surface area contributed by atoms with Gasteiger partial charge < -0.3 is 10.1 Å². The number of carbonyl (C=O) groups is 1. The van der Waals surface area contributed by atoms with E-state index >= 15 is 0 Å². The highest BCUT2D eigenvalue weighted by Gasteiger charge is 2.26. The van der Waals surface area contributed by atoms with Crippen LogP contribution in [0.5, 0.6) is 5.75 Å². The van der Waals surface area contributed by atoms with Crippen LogP contribution in [0.3, 0.4) is 0 Å². The van der Waals surface area contributed by atoms with Crippen LogP contribution >= 0.6 is 22.9 Å². The number of rotatable bonds is 4. The van der Waals surface area contributed by atoms with Crippen molar-refractivity contribution >= 4 is 33.8 Å². The third-order valence-corrected chi connectivity index (χ3v) is 5.74. The molecular formula is C19H19ClN2O2S. The Morgan fingerprint density at radius 2 is 2.32 bits per heavy atom. The lowest BCUT2D eigenvalue weighted by atomic mass is 9.88. The number of nitriles is 1. The predicted octanol–water partition coefficient (Wildman–Crippen LogP) is 4.80. The van der Waals surface area contributed by atoms with Gasteiger partial charge in [-0.15, -0.1) is 11.3 Å². The molecule has 0 saturated carbocycles. The quantitative estimate of drug-likeness (QED) is 0.835. The van der Waals surface area contributed by atoms with Gasteiger partial charge in [0.15, 0.2) is 6.10 Å². The van der Waals surface area contributed by atoms with Crippen molar-refractivity contribution in [3.63, 3.8) is 0 Å². The third-order valence-electron chi connectivity index (χ3n) is 4.34. The molecule has 1 aromatic carbocycles. The minimum Gasteiger partial charge on any atom is -0.481 e. The molecule has 0 saturated heterocycles. The Hall–Kier alpha value is -2.03. The molecule has 1 amide bonds. The lowest BCUT2D eigenvalue weighted by Crippen LogP contribution is -2.30. The normalized spacial score (nSPS) is 17.3. The van der Waals surface area contributed by atoms with Crippen molar-refractivity contribution < 1.29 is 9.53 Å². The molecule has 6 heteroatoms. The number of amides is 1. The first-order valence-corrected chi connectivity index (χ1v) is 9.45. The highest BCUT2D eigenvalue weighted by molar-refractivity contribution is 7.16. The summed E-state index contributed by atoms with van der Waals surface area (Å²) in [5.41, 5.74) is 1.71. The van der Waals surface area contributed by atoms with Gasteiger partial charge >= 0.3 is 0 Å². The van der Waals surface area contributed by atoms with Crippen molar-refractivity contribution in [2.24, 2.45) is 5.92 Å². The Labute approximate surface area is 156 Å². The van der Waals surface area contributed by atoms with Crippen LogP contribution < -0.4 is 10.1 Å². The van der Waals surface area contributed by atoms with E-state index in [1.807, 2.05) is 0 Å². The number of thiophene rings is 1. The van der Waals surface area contributed by atoms with Crippen molar-refractivity contribution in [3.05, 3.63) is 45.3 Å². The summed E-state index contributed by atoms with van der Waals surface area (Å²) < 4.78 is 5.65. The lowest BCUT2D eigenvalue weighted by molar-refractivity contribution is -0.122. The number of ether oxygens (including phenoxy) is 1. The fraction of sp³-hybridized carbons (Fsp3) is 0.368. The number of halogens is 1. The Morgan fingerprint density at radius 3 is 3.04 bits per heavy atom. The van der Waals surface area contributed by atoms with E-state index in [9.17, 15) is 10.1 Å². The maximum absolute atomic E-state index is 12.5. The molecule has 0 bridgehead atoms. The summed E-state index contributed by atoms with van der Waals surface area (Å²) in [6.07, 6.45) is 2.27. The number of hydrogen-bond donors (Lipinski definition) is 1. The molecule has 2 unspecified atom stereocenters. The Balaban J connectivity index is 1.73. The number of fused-ring (bicyclic) bond motifs is 1. The molecule has 1 N–H and O–H groups in total. The standard InChI is InChI=1S/C19H19ClN2O2S/c1-11-6-7-15-16(10-21)19(25-17(15)8-11)22-18(23)12(2)24-14-5-3-4-13(20)9-14/h3-5,9,11-12H,6-8H2,1-2H3,(H,22,23). The van der Waals surface area contributed by atoms with Crippen molar-refractivity contribution in [1.82, 2.24) is 0 Å². The third kappa shape index (κ3) is 3.97. The molecule has 2 atom stereocenters. The Kier molecular flexibility index (Phi) is 5.31. The summed E-state index contributed by atoms with van der Waals surface area (Å²) in [7, 11) is 0. The molecule has 4 nitrogen and oxygen atoms in total. The van der Waals surface area contributed by atoms with Gasteiger partial charge in [-0.25, -0.2) is 0 Å². The summed E-state index contributed by atoms with van der Waals surface area (Å²) in [6, 6.07) is 9.19. The first kappa shape index (κ1) is 17.8. The monoisotopic (exact) mass is 374 g/mol. The van der Waals surface area contributed by atoms with Gasteiger partial charge in [0.25, 0.3) is 5.91 Å². The predicted molar refractivity (Wildman–Crippen MR) is 100 cm³/mol. The first-order chi connectivity index (χ1) is 12.0. The van der Waals surface area contributed by atoms with Gasteiger partial charge in [-0.05, 0) is 55.9 Å². The van der Waals surface area contributed by atoms with Gasteiger partial charge in [0.1, 0.15) is 16.8 Å². The van der Waals surface area contributed by atoms with Crippen LogP contribution in [-0.2, 0) is 17.6 Å². The van der Waals surface area contributed by atoms with Crippen LogP contribution in [-0.4, -0.2) is 12.0 Å². The van der Waals surface area contributed by atoms with Crippen LogP contribution in [0, 0.1) is 17.2 Å². The van der Waals surface area contributed by atoms with Gasteiger partial charge in [-0.1, -0.05) is 24.6 Å². The van der Waals surface area contributed by atoms with Crippen LogP contribution in [0.15, 0.2) is 24.3 Å². The first-order valence-electron chi connectivity index (χ1n) is 8.25. The van der Waals surface area contributed by atoms with E-state index < -0.39 is 6.10 Å². The van der Waals surface area contributed by atoms with Gasteiger partial charge in [-0.3, -0.25) is 4.79 Å². The zero-order valence-electron chi connectivity index (χ0n) is 14.1. The minimum atomic E-state index is -0.692. The summed E-state index contributed by atoms with van der Waals surface area (Å²) >= 11 is 7.45. The van der Waals surface area contributed by atoms with Gasteiger partial charge in [0, 0.05) is 9.90 Å². The van der Waals surface area contributed by atoms with E-state index in [0.717, 1.165) is 24.8 Å². The fourth-order valence-electron chi connectivity index (χ4n) is 2.97. The molecule has 1 aromatic heterocycles. The number of hydrogen-bond acceptors (Lipinski definition) is 4. The molecule has 130 valence electrons. The number of nitrogens with zero attached hydrogens (tertiary/aromatic N) is 1. The van der Waals surface area contributed by atoms with Crippen molar-refractivity contribution in [2.45, 2.75) is 39.2 Å². The average Bonchev–Trinajstić information content (AvgIpc) is 2.90. The number of nitrogens with one attached hydrogen (secondary N) is 1. The van der Waals surface area contributed by atoms with Crippen molar-refractivity contribution in [1.29, 1.82) is 5.26 Å². The second-order valence-electron chi connectivity index (χ2n) is 6.37. The summed E-state index contributed by atoms with van der Waals surface area (Å²) in [5, 5.41) is 13.6. The minimum absolute atomic E-state index is 0.275. The number of anilines is 1. The second-order valence-corrected chi connectivity index (χ2v) is 7.92. The van der Waals surface area contributed by atoms with Crippen molar-refractivity contribution in [2.75, 3.05) is 5.32 Å². The van der Waals surface area contributed by atoms with E-state index in [1.165, 1.54) is 16.2 Å². The summed E-state index contributed by atoms with van der Waals surface area (Å²) in [5.74, 6) is 0.879.